The molecule has 11 nitrogen and oxygen atoms in total. The van der Waals surface area contributed by atoms with Gasteiger partial charge in [0.05, 0.1) is 44.3 Å². The second kappa shape index (κ2) is 19.9. The molecular formula is C48H56N6O5. The van der Waals surface area contributed by atoms with Gasteiger partial charge in [-0.1, -0.05) is 112 Å². The van der Waals surface area contributed by atoms with Crippen LogP contribution >= 0.6 is 0 Å². The number of aliphatic hydroxyl groups is 1. The molecule has 3 atom stereocenters. The minimum Gasteiger partial charge on any atom is -0.497 e. The maximum atomic E-state index is 11.7. The van der Waals surface area contributed by atoms with Crippen LogP contribution in [0.15, 0.2) is 121 Å². The number of ether oxygens (including phenoxy) is 4. The van der Waals surface area contributed by atoms with E-state index in [-0.39, 0.29) is 6.61 Å². The first-order valence-electron chi connectivity index (χ1n) is 20.8. The molecule has 0 saturated carbocycles. The van der Waals surface area contributed by atoms with Gasteiger partial charge >= 0.3 is 0 Å². The van der Waals surface area contributed by atoms with Gasteiger partial charge in [0.25, 0.3) is 0 Å². The molecule has 6 aromatic rings. The van der Waals surface area contributed by atoms with E-state index in [1.54, 1.807) is 20.5 Å². The maximum Gasteiger partial charge on any atom is 0.168 e. The fourth-order valence-electron chi connectivity index (χ4n) is 7.79. The Kier molecular flexibility index (Phi) is 14.0. The number of benzene rings is 4. The number of aryl methyl sites for hydroxylation is 2. The normalized spacial score (nSPS) is 16.9. The molecule has 0 bridgehead atoms. The number of hydrogen-bond donors (Lipinski definition) is 1. The summed E-state index contributed by atoms with van der Waals surface area (Å²) in [6.45, 7) is 6.37. The van der Waals surface area contributed by atoms with Crippen molar-refractivity contribution in [2.45, 2.75) is 82.8 Å². The zero-order valence-electron chi connectivity index (χ0n) is 34.6. The highest BCUT2D eigenvalue weighted by Gasteiger charge is 2.42. The van der Waals surface area contributed by atoms with Crippen molar-refractivity contribution in [1.29, 1.82) is 0 Å². The van der Waals surface area contributed by atoms with Gasteiger partial charge in [0, 0.05) is 19.5 Å². The molecule has 4 aromatic carbocycles. The van der Waals surface area contributed by atoms with Crippen LogP contribution < -0.4 is 9.47 Å². The smallest absolute Gasteiger partial charge is 0.168 e. The second-order valence-electron chi connectivity index (χ2n) is 15.0. The Balaban J connectivity index is 1.22. The molecule has 1 saturated heterocycles. The van der Waals surface area contributed by atoms with Gasteiger partial charge in [0.2, 0.25) is 0 Å². The Morgan fingerprint density at radius 2 is 1.39 bits per heavy atom. The molecule has 0 unspecified atom stereocenters. The number of nitrogens with zero attached hydrogens (tertiary/aromatic N) is 6. The number of fused-ring (bicyclic) bond motifs is 1. The third-order valence-corrected chi connectivity index (χ3v) is 11.1. The average molecular weight is 797 g/mol. The lowest BCUT2D eigenvalue weighted by Crippen LogP contribution is -2.38. The lowest BCUT2D eigenvalue weighted by molar-refractivity contribution is -0.0950. The summed E-state index contributed by atoms with van der Waals surface area (Å²) in [5.41, 5.74) is 4.32. The Labute approximate surface area is 347 Å². The standard InChI is InChI=1S/C48H56N6O5/c1-5-7-29-53(30-8-6-2)34-51-46-45-41(28-19-35-15-11-9-12-16-35)52-54(47(45)50-33-49-46)44-31-42(55)43(59-44)32-58-48(36-17-13-10-14-18-36,37-20-24-39(56-3)25-21-37)38-22-26-40(57-4)27-23-38/h9-18,20-27,33-34,42-44,55H,5-8,19,28-32H2,1-4H3/b51-34+/t42-,43+,44+/m0/s1. The Hall–Kier alpha value is -5.62. The van der Waals surface area contributed by atoms with E-state index in [4.69, 9.17) is 34.0 Å². The van der Waals surface area contributed by atoms with Crippen molar-refractivity contribution in [1.82, 2.24) is 24.6 Å². The summed E-state index contributed by atoms with van der Waals surface area (Å²) in [7, 11) is 3.31. The van der Waals surface area contributed by atoms with Crippen LogP contribution in [0, 0.1) is 0 Å². The number of rotatable bonds is 20. The van der Waals surface area contributed by atoms with E-state index in [2.05, 4.69) is 60.1 Å². The highest BCUT2D eigenvalue weighted by Crippen LogP contribution is 2.43. The molecule has 59 heavy (non-hydrogen) atoms. The molecule has 0 amide bonds. The second-order valence-corrected chi connectivity index (χ2v) is 15.0. The lowest BCUT2D eigenvalue weighted by Gasteiger charge is -2.37. The Morgan fingerprint density at radius 3 is 1.98 bits per heavy atom. The first-order chi connectivity index (χ1) is 29.0. The zero-order chi connectivity index (χ0) is 41.0. The van der Waals surface area contributed by atoms with Crippen molar-refractivity contribution < 1.29 is 24.1 Å². The third-order valence-electron chi connectivity index (χ3n) is 11.1. The summed E-state index contributed by atoms with van der Waals surface area (Å²) in [5, 5.41) is 17.6. The van der Waals surface area contributed by atoms with Crippen molar-refractivity contribution in [3.8, 4) is 11.5 Å². The monoisotopic (exact) mass is 796 g/mol. The fourth-order valence-corrected chi connectivity index (χ4v) is 7.79. The van der Waals surface area contributed by atoms with Crippen molar-refractivity contribution in [3.63, 3.8) is 0 Å². The number of aliphatic imine (C=N–C) groups is 1. The molecule has 11 heteroatoms. The first-order valence-corrected chi connectivity index (χ1v) is 20.8. The molecule has 1 fully saturated rings. The van der Waals surface area contributed by atoms with Gasteiger partial charge in [-0.15, -0.1) is 0 Å². The zero-order valence-corrected chi connectivity index (χ0v) is 34.6. The summed E-state index contributed by atoms with van der Waals surface area (Å²) in [6, 6.07) is 36.3. The van der Waals surface area contributed by atoms with Gasteiger partial charge in [-0.05, 0) is 72.2 Å². The summed E-state index contributed by atoms with van der Waals surface area (Å²) in [4.78, 5) is 16.7. The number of hydrogen-bond acceptors (Lipinski definition) is 9. The van der Waals surface area contributed by atoms with E-state index in [0.29, 0.717) is 24.3 Å². The van der Waals surface area contributed by atoms with Gasteiger partial charge in [0.15, 0.2) is 17.7 Å². The Bertz CT molecular complexity index is 2180. The predicted octanol–water partition coefficient (Wildman–Crippen LogP) is 8.85. The first kappa shape index (κ1) is 41.5. The van der Waals surface area contributed by atoms with Crippen LogP contribution in [0.5, 0.6) is 11.5 Å². The number of unbranched alkanes of at least 4 members (excludes halogenated alkanes) is 2. The van der Waals surface area contributed by atoms with Gasteiger partial charge < -0.3 is 29.0 Å². The van der Waals surface area contributed by atoms with Crippen LogP contribution in [-0.4, -0.2) is 82.2 Å². The lowest BCUT2D eigenvalue weighted by atomic mass is 9.80. The summed E-state index contributed by atoms with van der Waals surface area (Å²) >= 11 is 0. The summed E-state index contributed by atoms with van der Waals surface area (Å²) < 4.78 is 26.7. The molecular weight excluding hydrogens is 741 g/mol. The van der Waals surface area contributed by atoms with E-state index in [1.165, 1.54) is 5.56 Å². The van der Waals surface area contributed by atoms with Gasteiger partial charge in [-0.2, -0.15) is 5.10 Å². The SMILES string of the molecule is CCCCN(/C=N/c1ncnc2c1c(CCc1ccccc1)nn2[C@H]1C[C@H](O)[C@@H](COC(c2ccccc2)(c2ccc(OC)cc2)c2ccc(OC)cc2)O1)CCCC. The molecule has 0 aliphatic carbocycles. The third kappa shape index (κ3) is 9.49. The van der Waals surface area contributed by atoms with E-state index >= 15 is 0 Å². The van der Waals surface area contributed by atoms with E-state index in [9.17, 15) is 5.11 Å². The Morgan fingerprint density at radius 1 is 0.797 bits per heavy atom. The predicted molar refractivity (Wildman–Crippen MR) is 232 cm³/mol. The highest BCUT2D eigenvalue weighted by molar-refractivity contribution is 5.89. The van der Waals surface area contributed by atoms with Crippen LogP contribution in [0.3, 0.4) is 0 Å². The number of aliphatic hydroxyl groups excluding tert-OH is 1. The molecule has 0 radical (unpaired) electrons. The minimum atomic E-state index is -1.06. The molecule has 2 aromatic heterocycles. The van der Waals surface area contributed by atoms with Crippen molar-refractivity contribution >= 4 is 23.2 Å². The van der Waals surface area contributed by atoms with Crippen LogP contribution in [0.1, 0.15) is 80.1 Å². The number of methoxy groups -OCH3 is 2. The minimum absolute atomic E-state index is 0.0839. The van der Waals surface area contributed by atoms with Crippen LogP contribution in [0.2, 0.25) is 0 Å². The van der Waals surface area contributed by atoms with E-state index in [1.807, 2.05) is 83.8 Å². The van der Waals surface area contributed by atoms with Crippen molar-refractivity contribution in [2.24, 2.45) is 4.99 Å². The van der Waals surface area contributed by atoms with E-state index < -0.39 is 24.0 Å². The molecule has 0 spiro atoms. The quantitative estimate of drug-likeness (QED) is 0.0460. The van der Waals surface area contributed by atoms with Crippen LogP contribution in [0.4, 0.5) is 5.82 Å². The van der Waals surface area contributed by atoms with E-state index in [0.717, 1.165) is 84.5 Å². The van der Waals surface area contributed by atoms with Crippen LogP contribution in [0.25, 0.3) is 11.0 Å². The largest absolute Gasteiger partial charge is 0.497 e. The van der Waals surface area contributed by atoms with Crippen molar-refractivity contribution in [2.75, 3.05) is 33.9 Å². The molecule has 1 N–H and O–H groups in total. The average Bonchev–Trinajstić information content (AvgIpc) is 3.86. The van der Waals surface area contributed by atoms with Gasteiger partial charge in [-0.3, -0.25) is 0 Å². The molecule has 3 heterocycles. The molecule has 1 aliphatic heterocycles. The molecule has 308 valence electrons. The topological polar surface area (TPSA) is 116 Å². The molecule has 1 aliphatic rings. The summed E-state index contributed by atoms with van der Waals surface area (Å²) in [5.74, 6) is 2.05. The maximum absolute atomic E-state index is 11.7. The number of aromatic nitrogens is 4. The fraction of sp³-hybridized carbons (Fsp3) is 0.375. The van der Waals surface area contributed by atoms with Gasteiger partial charge in [-0.25, -0.2) is 19.6 Å². The van der Waals surface area contributed by atoms with Gasteiger partial charge in [0.1, 0.15) is 29.5 Å². The summed E-state index contributed by atoms with van der Waals surface area (Å²) in [6.07, 6.45) is 7.52. The van der Waals surface area contributed by atoms with Crippen molar-refractivity contribution in [3.05, 3.63) is 143 Å². The van der Waals surface area contributed by atoms with Crippen LogP contribution in [-0.2, 0) is 27.9 Å². The molecule has 7 rings (SSSR count). The highest BCUT2D eigenvalue weighted by atomic mass is 16.6.